The van der Waals surface area contributed by atoms with Crippen molar-refractivity contribution in [3.8, 4) is 0 Å². The summed E-state index contributed by atoms with van der Waals surface area (Å²) in [7, 11) is 0. The average molecular weight is 206 g/mol. The molecular weight excluding hydrogens is 188 g/mol. The van der Waals surface area contributed by atoms with Crippen LogP contribution >= 0.6 is 0 Å². The molecule has 15 heavy (non-hydrogen) atoms. The third-order valence-corrected chi connectivity index (χ3v) is 3.09. The van der Waals surface area contributed by atoms with Gasteiger partial charge in [0.1, 0.15) is 0 Å². The summed E-state index contributed by atoms with van der Waals surface area (Å²) >= 11 is 0. The fraction of sp³-hybridized carbons (Fsp3) is 0.583. The Hall–Kier alpha value is -1.09. The van der Waals surface area contributed by atoms with Crippen LogP contribution in [-0.2, 0) is 0 Å². The molecule has 0 bridgehead atoms. The summed E-state index contributed by atoms with van der Waals surface area (Å²) in [4.78, 5) is 6.34. The zero-order valence-corrected chi connectivity index (χ0v) is 9.19. The van der Waals surface area contributed by atoms with E-state index in [2.05, 4.69) is 9.88 Å². The molecule has 1 aromatic rings. The summed E-state index contributed by atoms with van der Waals surface area (Å²) < 4.78 is 0. The van der Waals surface area contributed by atoms with Crippen molar-refractivity contribution in [2.45, 2.75) is 31.8 Å². The van der Waals surface area contributed by atoms with Gasteiger partial charge in [-0.25, -0.2) is 0 Å². The van der Waals surface area contributed by atoms with Crippen LogP contribution in [0.2, 0.25) is 0 Å². The summed E-state index contributed by atoms with van der Waals surface area (Å²) in [6.07, 6.45) is 6.43. The van der Waals surface area contributed by atoms with Crippen molar-refractivity contribution in [1.29, 1.82) is 0 Å². The molecule has 3 nitrogen and oxygen atoms in total. The predicted molar refractivity (Wildman–Crippen MR) is 60.9 cm³/mol. The quantitative estimate of drug-likeness (QED) is 0.761. The Balaban J connectivity index is 2.06. The molecular formula is C12H18N2O. The number of hydrogen-bond acceptors (Lipinski definition) is 3. The second-order valence-corrected chi connectivity index (χ2v) is 4.54. The first-order chi connectivity index (χ1) is 7.17. The number of rotatable bonds is 1. The lowest BCUT2D eigenvalue weighted by atomic mass is 9.98. The minimum atomic E-state index is -0.484. The largest absolute Gasteiger partial charge is 0.390 e. The molecule has 0 aromatic carbocycles. The molecule has 1 fully saturated rings. The first-order valence-corrected chi connectivity index (χ1v) is 5.55. The van der Waals surface area contributed by atoms with Gasteiger partial charge in [0.2, 0.25) is 0 Å². The highest BCUT2D eigenvalue weighted by Crippen LogP contribution is 2.24. The normalized spacial score (nSPS) is 27.5. The van der Waals surface area contributed by atoms with E-state index in [9.17, 15) is 5.11 Å². The van der Waals surface area contributed by atoms with Crippen molar-refractivity contribution in [3.63, 3.8) is 0 Å². The first kappa shape index (κ1) is 10.4. The van der Waals surface area contributed by atoms with E-state index in [1.54, 1.807) is 0 Å². The van der Waals surface area contributed by atoms with Crippen LogP contribution in [0.15, 0.2) is 24.5 Å². The summed E-state index contributed by atoms with van der Waals surface area (Å²) in [5, 5.41) is 9.98. The summed E-state index contributed by atoms with van der Waals surface area (Å²) in [5.74, 6) is 0. The van der Waals surface area contributed by atoms with Crippen LogP contribution < -0.4 is 4.90 Å². The monoisotopic (exact) mass is 206 g/mol. The van der Waals surface area contributed by atoms with Gasteiger partial charge in [-0.1, -0.05) is 0 Å². The van der Waals surface area contributed by atoms with E-state index in [1.165, 1.54) is 5.69 Å². The van der Waals surface area contributed by atoms with Gasteiger partial charge in [0.15, 0.2) is 0 Å². The van der Waals surface area contributed by atoms with Gasteiger partial charge in [0.25, 0.3) is 0 Å². The SMILES string of the molecule is CC1(O)CCCN(c2ccncc2)CC1. The molecule has 1 aliphatic heterocycles. The van der Waals surface area contributed by atoms with Crippen LogP contribution in [0.4, 0.5) is 5.69 Å². The highest BCUT2D eigenvalue weighted by Gasteiger charge is 2.24. The summed E-state index contributed by atoms with van der Waals surface area (Å²) in [6.45, 7) is 3.89. The Kier molecular flexibility index (Phi) is 2.91. The lowest BCUT2D eigenvalue weighted by Crippen LogP contribution is -2.28. The number of aromatic nitrogens is 1. The van der Waals surface area contributed by atoms with E-state index in [0.717, 1.165) is 32.4 Å². The Morgan fingerprint density at radius 2 is 2.00 bits per heavy atom. The molecule has 1 saturated heterocycles. The maximum atomic E-state index is 9.98. The van der Waals surface area contributed by atoms with Crippen LogP contribution in [0.3, 0.4) is 0 Å². The summed E-state index contributed by atoms with van der Waals surface area (Å²) in [6, 6.07) is 4.06. The molecule has 3 heteroatoms. The van der Waals surface area contributed by atoms with Gasteiger partial charge >= 0.3 is 0 Å². The zero-order valence-electron chi connectivity index (χ0n) is 9.19. The lowest BCUT2D eigenvalue weighted by molar-refractivity contribution is 0.0481. The Labute approximate surface area is 90.8 Å². The average Bonchev–Trinajstić information content (AvgIpc) is 2.41. The second-order valence-electron chi connectivity index (χ2n) is 4.54. The van der Waals surface area contributed by atoms with E-state index in [4.69, 9.17) is 0 Å². The van der Waals surface area contributed by atoms with Gasteiger partial charge in [0, 0.05) is 31.2 Å². The molecule has 0 aliphatic carbocycles. The van der Waals surface area contributed by atoms with Crippen LogP contribution in [0.5, 0.6) is 0 Å². The number of anilines is 1. The predicted octanol–water partition coefficient (Wildman–Crippen LogP) is 1.82. The second kappa shape index (κ2) is 4.19. The molecule has 2 heterocycles. The number of pyridine rings is 1. The molecule has 0 radical (unpaired) electrons. The van der Waals surface area contributed by atoms with Gasteiger partial charge in [-0.2, -0.15) is 0 Å². The maximum absolute atomic E-state index is 9.98. The standard InChI is InChI=1S/C12H18N2O/c1-12(15)5-2-9-14(10-6-12)11-3-7-13-8-4-11/h3-4,7-8,15H,2,5-6,9-10H2,1H3. The third kappa shape index (κ3) is 2.69. The van der Waals surface area contributed by atoms with E-state index in [1.807, 2.05) is 31.5 Å². The van der Waals surface area contributed by atoms with Crippen molar-refractivity contribution < 1.29 is 5.11 Å². The molecule has 1 aromatic heterocycles. The highest BCUT2D eigenvalue weighted by atomic mass is 16.3. The fourth-order valence-electron chi connectivity index (χ4n) is 2.08. The van der Waals surface area contributed by atoms with Crippen molar-refractivity contribution in [2.24, 2.45) is 0 Å². The topological polar surface area (TPSA) is 36.4 Å². The van der Waals surface area contributed by atoms with Crippen molar-refractivity contribution >= 4 is 5.69 Å². The fourth-order valence-corrected chi connectivity index (χ4v) is 2.08. The zero-order chi connectivity index (χ0) is 10.7. The number of nitrogens with zero attached hydrogens (tertiary/aromatic N) is 2. The van der Waals surface area contributed by atoms with E-state index in [-0.39, 0.29) is 0 Å². The maximum Gasteiger partial charge on any atom is 0.0637 e. The Morgan fingerprint density at radius 3 is 2.73 bits per heavy atom. The van der Waals surface area contributed by atoms with Gasteiger partial charge in [-0.3, -0.25) is 4.98 Å². The van der Waals surface area contributed by atoms with Crippen molar-refractivity contribution in [1.82, 2.24) is 4.98 Å². The molecule has 1 aliphatic rings. The van der Waals surface area contributed by atoms with Gasteiger partial charge in [-0.15, -0.1) is 0 Å². The minimum Gasteiger partial charge on any atom is -0.390 e. The smallest absolute Gasteiger partial charge is 0.0637 e. The van der Waals surface area contributed by atoms with Gasteiger partial charge < -0.3 is 10.0 Å². The molecule has 82 valence electrons. The van der Waals surface area contributed by atoms with E-state index in [0.29, 0.717) is 0 Å². The number of aliphatic hydroxyl groups is 1. The van der Waals surface area contributed by atoms with Crippen molar-refractivity contribution in [3.05, 3.63) is 24.5 Å². The molecule has 0 amide bonds. The van der Waals surface area contributed by atoms with Gasteiger partial charge in [0.05, 0.1) is 5.60 Å². The van der Waals surface area contributed by atoms with Crippen LogP contribution in [0, 0.1) is 0 Å². The Bertz CT molecular complexity index is 311. The first-order valence-electron chi connectivity index (χ1n) is 5.55. The van der Waals surface area contributed by atoms with Crippen molar-refractivity contribution in [2.75, 3.05) is 18.0 Å². The molecule has 1 atom stereocenters. The van der Waals surface area contributed by atoms with E-state index < -0.39 is 5.60 Å². The third-order valence-electron chi connectivity index (χ3n) is 3.09. The lowest BCUT2D eigenvalue weighted by Gasteiger charge is -2.24. The van der Waals surface area contributed by atoms with Crippen LogP contribution in [-0.4, -0.2) is 28.8 Å². The minimum absolute atomic E-state index is 0.484. The molecule has 2 rings (SSSR count). The Morgan fingerprint density at radius 1 is 1.27 bits per heavy atom. The molecule has 1 N–H and O–H groups in total. The van der Waals surface area contributed by atoms with Crippen LogP contribution in [0.1, 0.15) is 26.2 Å². The summed E-state index contributed by atoms with van der Waals surface area (Å²) in [5.41, 5.74) is 0.726. The van der Waals surface area contributed by atoms with Crippen LogP contribution in [0.25, 0.3) is 0 Å². The highest BCUT2D eigenvalue weighted by molar-refractivity contribution is 5.44. The molecule has 0 spiro atoms. The number of hydrogen-bond donors (Lipinski definition) is 1. The molecule has 1 unspecified atom stereocenters. The van der Waals surface area contributed by atoms with E-state index >= 15 is 0 Å². The molecule has 0 saturated carbocycles. The van der Waals surface area contributed by atoms with Gasteiger partial charge in [-0.05, 0) is 38.3 Å².